The first-order valence-electron chi connectivity index (χ1n) is 9.74. The highest BCUT2D eigenvalue weighted by molar-refractivity contribution is 6.33. The minimum Gasteiger partial charge on any atom is -0.352 e. The van der Waals surface area contributed by atoms with Crippen LogP contribution in [0.2, 0.25) is 5.02 Å². The van der Waals surface area contributed by atoms with E-state index in [2.05, 4.69) is 5.32 Å². The third kappa shape index (κ3) is 6.76. The zero-order valence-electron chi connectivity index (χ0n) is 16.9. The Bertz CT molecular complexity index is 804. The minimum atomic E-state index is -0.364. The van der Waals surface area contributed by atoms with Gasteiger partial charge in [0.25, 0.3) is 5.91 Å². The number of nitrogens with one attached hydrogen (secondary N) is 2. The van der Waals surface area contributed by atoms with E-state index in [0.717, 1.165) is 42.6 Å². The van der Waals surface area contributed by atoms with Crippen LogP contribution in [-0.2, 0) is 4.79 Å². The van der Waals surface area contributed by atoms with E-state index in [4.69, 9.17) is 16.8 Å². The first kappa shape index (κ1) is 22.7. The van der Waals surface area contributed by atoms with E-state index in [0.29, 0.717) is 23.6 Å². The van der Waals surface area contributed by atoms with Gasteiger partial charge in [-0.2, -0.15) is 0 Å². The van der Waals surface area contributed by atoms with Crippen molar-refractivity contribution in [2.75, 3.05) is 18.5 Å². The van der Waals surface area contributed by atoms with Gasteiger partial charge in [0.05, 0.1) is 10.7 Å². The molecule has 2 aromatic carbocycles. The summed E-state index contributed by atoms with van der Waals surface area (Å²) in [6.45, 7) is 2.60. The summed E-state index contributed by atoms with van der Waals surface area (Å²) in [4.78, 5) is 25.2. The van der Waals surface area contributed by atoms with Gasteiger partial charge in [-0.05, 0) is 55.7 Å². The van der Waals surface area contributed by atoms with Crippen molar-refractivity contribution in [3.05, 3.63) is 58.6 Å². The second kappa shape index (κ2) is 11.4. The molecule has 0 saturated carbocycles. The monoisotopic (exact) mass is 417 g/mol. The van der Waals surface area contributed by atoms with Crippen molar-refractivity contribution in [1.82, 2.24) is 10.8 Å². The number of para-hydroxylation sites is 1. The Hall–Kier alpha value is -2.57. The van der Waals surface area contributed by atoms with E-state index >= 15 is 0 Å². The molecular formula is C22H28ClN3O3. The molecule has 7 heteroatoms. The predicted octanol–water partition coefficient (Wildman–Crippen LogP) is 4.60. The molecule has 0 unspecified atom stereocenters. The number of anilines is 2. The van der Waals surface area contributed by atoms with Crippen molar-refractivity contribution in [3.8, 4) is 0 Å². The Kier molecular flexibility index (Phi) is 8.96. The summed E-state index contributed by atoms with van der Waals surface area (Å²) >= 11 is 6.34. The van der Waals surface area contributed by atoms with Crippen molar-refractivity contribution in [3.63, 3.8) is 0 Å². The van der Waals surface area contributed by atoms with Crippen molar-refractivity contribution in [2.24, 2.45) is 0 Å². The van der Waals surface area contributed by atoms with Gasteiger partial charge in [-0.25, -0.2) is 5.48 Å². The lowest BCUT2D eigenvalue weighted by atomic mass is 10.1. The molecule has 0 aliphatic heterocycles. The molecule has 0 saturated heterocycles. The molecule has 0 bridgehead atoms. The fourth-order valence-corrected chi connectivity index (χ4v) is 3.49. The van der Waals surface area contributed by atoms with Crippen LogP contribution in [-0.4, -0.2) is 30.6 Å². The van der Waals surface area contributed by atoms with Crippen LogP contribution < -0.4 is 15.7 Å². The largest absolute Gasteiger partial charge is 0.352 e. The second-order valence-corrected chi connectivity index (χ2v) is 7.37. The summed E-state index contributed by atoms with van der Waals surface area (Å²) in [6.07, 6.45) is 3.68. The minimum absolute atomic E-state index is 0.104. The van der Waals surface area contributed by atoms with E-state index in [9.17, 15) is 9.59 Å². The molecule has 0 aliphatic rings. The average Bonchev–Trinajstić information content (AvgIpc) is 2.72. The fraction of sp³-hybridized carbons (Fsp3) is 0.364. The van der Waals surface area contributed by atoms with Crippen LogP contribution in [0, 0.1) is 6.92 Å². The van der Waals surface area contributed by atoms with Gasteiger partial charge < -0.3 is 10.2 Å². The van der Waals surface area contributed by atoms with E-state index in [-0.39, 0.29) is 11.8 Å². The highest BCUT2D eigenvalue weighted by Crippen LogP contribution is 2.33. The van der Waals surface area contributed by atoms with E-state index in [1.807, 2.05) is 49.2 Å². The number of aryl methyl sites for hydroxylation is 1. The van der Waals surface area contributed by atoms with Crippen LogP contribution in [0.5, 0.6) is 0 Å². The maximum absolute atomic E-state index is 12.3. The smallest absolute Gasteiger partial charge is 0.251 e. The molecule has 0 aliphatic carbocycles. The predicted molar refractivity (Wildman–Crippen MR) is 116 cm³/mol. The molecule has 3 N–H and O–H groups in total. The Morgan fingerprint density at radius 1 is 1.03 bits per heavy atom. The average molecular weight is 418 g/mol. The topological polar surface area (TPSA) is 81.7 Å². The highest BCUT2D eigenvalue weighted by atomic mass is 35.5. The molecule has 0 fully saturated rings. The Balaban J connectivity index is 1.81. The van der Waals surface area contributed by atoms with Crippen LogP contribution in [0.3, 0.4) is 0 Å². The molecule has 156 valence electrons. The number of rotatable bonds is 10. The number of amides is 2. The Morgan fingerprint density at radius 3 is 2.38 bits per heavy atom. The molecule has 2 rings (SSSR count). The molecule has 0 spiro atoms. The van der Waals surface area contributed by atoms with E-state index in [1.165, 1.54) is 0 Å². The lowest BCUT2D eigenvalue weighted by molar-refractivity contribution is -0.129. The molecule has 2 amide bonds. The van der Waals surface area contributed by atoms with Crippen LogP contribution in [0.4, 0.5) is 11.4 Å². The molecule has 2 aromatic rings. The first-order chi connectivity index (χ1) is 13.9. The zero-order valence-corrected chi connectivity index (χ0v) is 17.6. The number of hydrogen-bond donors (Lipinski definition) is 3. The number of carbonyl (C=O) groups excluding carboxylic acids is 2. The van der Waals surface area contributed by atoms with E-state index < -0.39 is 0 Å². The maximum Gasteiger partial charge on any atom is 0.251 e. The van der Waals surface area contributed by atoms with Gasteiger partial charge in [-0.1, -0.05) is 36.6 Å². The van der Waals surface area contributed by atoms with E-state index in [1.54, 1.807) is 17.6 Å². The Morgan fingerprint density at radius 2 is 1.72 bits per heavy atom. The number of carbonyl (C=O) groups is 2. The van der Waals surface area contributed by atoms with Crippen LogP contribution in [0.15, 0.2) is 42.5 Å². The standard InChI is InChI=1S/C22H28ClN3O3/c1-16-8-7-9-19(23)21(16)26(2)18-13-11-17(12-14-18)22(28)24-15-6-4-3-5-10-20(27)25-29/h7-9,11-14,29H,3-6,10,15H2,1-2H3,(H,24,28)(H,25,27). The van der Waals surface area contributed by atoms with Gasteiger partial charge >= 0.3 is 0 Å². The molecule has 0 radical (unpaired) electrons. The number of nitrogens with zero attached hydrogens (tertiary/aromatic N) is 1. The molecule has 0 aromatic heterocycles. The number of unbranched alkanes of at least 4 members (excludes halogenated alkanes) is 3. The fourth-order valence-electron chi connectivity index (χ4n) is 3.14. The van der Waals surface area contributed by atoms with Crippen molar-refractivity contribution in [2.45, 2.75) is 39.0 Å². The lowest BCUT2D eigenvalue weighted by Gasteiger charge is -2.23. The summed E-state index contributed by atoms with van der Waals surface area (Å²) in [5.41, 5.74) is 5.21. The number of halogens is 1. The normalized spacial score (nSPS) is 10.5. The lowest BCUT2D eigenvalue weighted by Crippen LogP contribution is -2.24. The second-order valence-electron chi connectivity index (χ2n) is 6.97. The van der Waals surface area contributed by atoms with Gasteiger partial charge in [0.2, 0.25) is 5.91 Å². The van der Waals surface area contributed by atoms with Gasteiger partial charge in [-0.3, -0.25) is 14.8 Å². The third-order valence-electron chi connectivity index (χ3n) is 4.78. The number of benzene rings is 2. The summed E-state index contributed by atoms with van der Waals surface area (Å²) in [5.74, 6) is -0.468. The van der Waals surface area contributed by atoms with Crippen LogP contribution in [0.25, 0.3) is 0 Å². The quantitative estimate of drug-likeness (QED) is 0.299. The number of hydrogen-bond acceptors (Lipinski definition) is 4. The summed E-state index contributed by atoms with van der Waals surface area (Å²) in [5, 5.41) is 12.0. The molecular weight excluding hydrogens is 390 g/mol. The Labute approximate surface area is 176 Å². The van der Waals surface area contributed by atoms with Crippen molar-refractivity contribution >= 4 is 34.8 Å². The first-order valence-corrected chi connectivity index (χ1v) is 10.1. The van der Waals surface area contributed by atoms with Gasteiger partial charge in [0.1, 0.15) is 0 Å². The van der Waals surface area contributed by atoms with Gasteiger partial charge in [0.15, 0.2) is 0 Å². The van der Waals surface area contributed by atoms with Crippen LogP contribution in [0.1, 0.15) is 48.0 Å². The zero-order chi connectivity index (χ0) is 21.2. The molecule has 29 heavy (non-hydrogen) atoms. The van der Waals surface area contributed by atoms with Gasteiger partial charge in [-0.15, -0.1) is 0 Å². The number of hydroxylamine groups is 1. The van der Waals surface area contributed by atoms with Crippen molar-refractivity contribution < 1.29 is 14.8 Å². The molecule has 0 atom stereocenters. The third-order valence-corrected chi connectivity index (χ3v) is 5.09. The molecule has 6 nitrogen and oxygen atoms in total. The molecule has 0 heterocycles. The summed E-state index contributed by atoms with van der Waals surface area (Å²) in [7, 11) is 1.95. The van der Waals surface area contributed by atoms with Crippen molar-refractivity contribution in [1.29, 1.82) is 0 Å². The highest BCUT2D eigenvalue weighted by Gasteiger charge is 2.12. The summed E-state index contributed by atoms with van der Waals surface area (Å²) in [6, 6.07) is 13.2. The SMILES string of the molecule is Cc1cccc(Cl)c1N(C)c1ccc(C(=O)NCCCCCCC(=O)NO)cc1. The summed E-state index contributed by atoms with van der Waals surface area (Å²) < 4.78 is 0. The van der Waals surface area contributed by atoms with Gasteiger partial charge in [0, 0.05) is 31.3 Å². The maximum atomic E-state index is 12.3. The van der Waals surface area contributed by atoms with Crippen LogP contribution >= 0.6 is 11.6 Å².